The molecule has 0 aromatic heterocycles. The van der Waals surface area contributed by atoms with Crippen molar-refractivity contribution in [2.75, 3.05) is 17.4 Å². The summed E-state index contributed by atoms with van der Waals surface area (Å²) in [6.45, 7) is 11.1. The smallest absolute Gasteiger partial charge is 0.264 e. The van der Waals surface area contributed by atoms with Crippen LogP contribution in [0.4, 0.5) is 5.69 Å². The molecule has 8 heteroatoms. The molecule has 3 aromatic carbocycles. The van der Waals surface area contributed by atoms with Gasteiger partial charge in [0.25, 0.3) is 10.0 Å². The molecule has 1 N–H and O–H groups in total. The molecule has 0 fully saturated rings. The van der Waals surface area contributed by atoms with Gasteiger partial charge in [-0.1, -0.05) is 67.6 Å². The number of nitrogens with one attached hydrogen (secondary N) is 1. The fraction of sp³-hybridized carbons (Fsp3) is 0.375. The second kappa shape index (κ2) is 13.1. The van der Waals surface area contributed by atoms with Crippen molar-refractivity contribution < 1.29 is 18.0 Å². The summed E-state index contributed by atoms with van der Waals surface area (Å²) in [5.74, 6) is -0.701. The van der Waals surface area contributed by atoms with Crippen LogP contribution < -0.4 is 9.62 Å². The van der Waals surface area contributed by atoms with E-state index >= 15 is 0 Å². The molecular formula is C32H41N3O4S. The largest absolute Gasteiger partial charge is 0.350 e. The van der Waals surface area contributed by atoms with Crippen molar-refractivity contribution >= 4 is 27.5 Å². The summed E-state index contributed by atoms with van der Waals surface area (Å²) in [6.07, 6.45) is 0.915. The van der Waals surface area contributed by atoms with Gasteiger partial charge in [-0.25, -0.2) is 8.42 Å². The second-order valence-electron chi connectivity index (χ2n) is 11.0. The number of anilines is 1. The third-order valence-electron chi connectivity index (χ3n) is 6.82. The van der Waals surface area contributed by atoms with Crippen molar-refractivity contribution in [3.05, 3.63) is 95.6 Å². The van der Waals surface area contributed by atoms with Crippen LogP contribution in [0.15, 0.2) is 83.8 Å². The van der Waals surface area contributed by atoms with E-state index in [1.54, 1.807) is 30.3 Å². The molecule has 0 spiro atoms. The van der Waals surface area contributed by atoms with Crippen LogP contribution in [0.1, 0.15) is 50.8 Å². The predicted molar refractivity (Wildman–Crippen MR) is 161 cm³/mol. The number of amides is 2. The van der Waals surface area contributed by atoms with Crippen LogP contribution in [0.2, 0.25) is 0 Å². The lowest BCUT2D eigenvalue weighted by Gasteiger charge is -2.35. The first kappa shape index (κ1) is 30.9. The second-order valence-corrected chi connectivity index (χ2v) is 12.9. The van der Waals surface area contributed by atoms with Gasteiger partial charge in [0, 0.05) is 12.1 Å². The van der Waals surface area contributed by atoms with E-state index in [9.17, 15) is 18.0 Å². The zero-order valence-corrected chi connectivity index (χ0v) is 25.2. The van der Waals surface area contributed by atoms with Gasteiger partial charge in [0.1, 0.15) is 12.6 Å². The van der Waals surface area contributed by atoms with Crippen LogP contribution >= 0.6 is 0 Å². The van der Waals surface area contributed by atoms with Gasteiger partial charge < -0.3 is 10.2 Å². The average Bonchev–Trinajstić information content (AvgIpc) is 2.91. The number of hydrogen-bond acceptors (Lipinski definition) is 4. The first-order valence-electron chi connectivity index (χ1n) is 13.6. The van der Waals surface area contributed by atoms with Gasteiger partial charge in [-0.3, -0.25) is 13.9 Å². The lowest BCUT2D eigenvalue weighted by Crippen LogP contribution is -2.56. The highest BCUT2D eigenvalue weighted by atomic mass is 32.2. The molecule has 0 aliphatic rings. The molecule has 0 saturated carbocycles. The Morgan fingerprint density at radius 2 is 1.48 bits per heavy atom. The molecule has 0 aliphatic carbocycles. The number of benzene rings is 3. The number of rotatable bonds is 11. The first-order valence-corrected chi connectivity index (χ1v) is 15.1. The van der Waals surface area contributed by atoms with E-state index in [-0.39, 0.29) is 17.3 Å². The Hall–Kier alpha value is -3.65. The van der Waals surface area contributed by atoms with Gasteiger partial charge in [0.2, 0.25) is 11.8 Å². The van der Waals surface area contributed by atoms with E-state index in [1.807, 2.05) is 77.9 Å². The SMILES string of the molecule is CC[C@H](C(=O)NC(C)(C)C)N(CCc1ccccc1)C(=O)CN(c1cccc(C)c1C)S(=O)(=O)c1ccccc1. The zero-order valence-electron chi connectivity index (χ0n) is 24.3. The van der Waals surface area contributed by atoms with Crippen LogP contribution in [0.3, 0.4) is 0 Å². The minimum atomic E-state index is -4.09. The van der Waals surface area contributed by atoms with Crippen molar-refractivity contribution in [3.63, 3.8) is 0 Å². The quantitative estimate of drug-likeness (QED) is 0.345. The Morgan fingerprint density at radius 3 is 2.05 bits per heavy atom. The van der Waals surface area contributed by atoms with E-state index in [2.05, 4.69) is 5.32 Å². The molecule has 40 heavy (non-hydrogen) atoms. The Balaban J connectivity index is 2.05. The van der Waals surface area contributed by atoms with Crippen molar-refractivity contribution in [2.24, 2.45) is 0 Å². The highest BCUT2D eigenvalue weighted by Crippen LogP contribution is 2.29. The molecule has 0 heterocycles. The fourth-order valence-electron chi connectivity index (χ4n) is 4.59. The molecule has 0 bridgehead atoms. The number of nitrogens with zero attached hydrogens (tertiary/aromatic N) is 2. The van der Waals surface area contributed by atoms with Gasteiger partial charge in [0.05, 0.1) is 10.6 Å². The summed E-state index contributed by atoms with van der Waals surface area (Å²) >= 11 is 0. The van der Waals surface area contributed by atoms with Crippen LogP contribution in [0.5, 0.6) is 0 Å². The minimum absolute atomic E-state index is 0.0945. The van der Waals surface area contributed by atoms with Gasteiger partial charge in [-0.15, -0.1) is 0 Å². The van der Waals surface area contributed by atoms with E-state index in [0.29, 0.717) is 18.5 Å². The van der Waals surface area contributed by atoms with Gasteiger partial charge >= 0.3 is 0 Å². The molecule has 0 radical (unpaired) electrons. The van der Waals surface area contributed by atoms with Crippen LogP contribution in [0.25, 0.3) is 0 Å². The number of hydrogen-bond donors (Lipinski definition) is 1. The average molecular weight is 564 g/mol. The molecule has 3 aromatic rings. The first-order chi connectivity index (χ1) is 18.8. The summed E-state index contributed by atoms with van der Waals surface area (Å²) in [4.78, 5) is 29.1. The van der Waals surface area contributed by atoms with Gasteiger partial charge in [0.15, 0.2) is 0 Å². The molecule has 7 nitrogen and oxygen atoms in total. The van der Waals surface area contributed by atoms with Crippen LogP contribution in [-0.2, 0) is 26.0 Å². The van der Waals surface area contributed by atoms with Crippen LogP contribution in [0, 0.1) is 13.8 Å². The third kappa shape index (κ3) is 7.72. The Labute approximate surface area is 239 Å². The number of carbonyl (C=O) groups excluding carboxylic acids is 2. The highest BCUT2D eigenvalue weighted by molar-refractivity contribution is 7.92. The standard InChI is InChI=1S/C32H41N3O4S/c1-7-28(31(37)33-32(4,5)6)34(22-21-26-16-10-8-11-17-26)30(36)23-35(29-20-14-15-24(2)25(29)3)40(38,39)27-18-12-9-13-19-27/h8-20,28H,7,21-23H2,1-6H3,(H,33,37)/t28-/m1/s1. The van der Waals surface area contributed by atoms with Crippen molar-refractivity contribution in [3.8, 4) is 0 Å². The predicted octanol–water partition coefficient (Wildman–Crippen LogP) is 5.26. The number of aryl methyl sites for hydroxylation is 1. The molecule has 0 unspecified atom stereocenters. The normalized spacial score (nSPS) is 12.4. The molecule has 3 rings (SSSR count). The van der Waals surface area contributed by atoms with Crippen molar-refractivity contribution in [1.29, 1.82) is 0 Å². The summed E-state index contributed by atoms with van der Waals surface area (Å²) < 4.78 is 29.1. The molecule has 0 saturated heterocycles. The summed E-state index contributed by atoms with van der Waals surface area (Å²) in [7, 11) is -4.09. The maximum Gasteiger partial charge on any atom is 0.264 e. The minimum Gasteiger partial charge on any atom is -0.350 e. The van der Waals surface area contributed by atoms with Crippen LogP contribution in [-0.4, -0.2) is 49.8 Å². The molecule has 2 amide bonds. The third-order valence-corrected chi connectivity index (χ3v) is 8.60. The maximum atomic E-state index is 14.1. The molecular weight excluding hydrogens is 522 g/mol. The van der Waals surface area contributed by atoms with Gasteiger partial charge in [-0.2, -0.15) is 0 Å². The number of sulfonamides is 1. The van der Waals surface area contributed by atoms with Crippen molar-refractivity contribution in [2.45, 2.75) is 70.9 Å². The maximum absolute atomic E-state index is 14.1. The Kier molecular flexibility index (Phi) is 10.1. The van der Waals surface area contributed by atoms with E-state index in [1.165, 1.54) is 21.3 Å². The molecule has 1 atom stereocenters. The van der Waals surface area contributed by atoms with E-state index < -0.39 is 34.1 Å². The van der Waals surface area contributed by atoms with E-state index in [4.69, 9.17) is 0 Å². The highest BCUT2D eigenvalue weighted by Gasteiger charge is 2.34. The lowest BCUT2D eigenvalue weighted by molar-refractivity contribution is -0.140. The van der Waals surface area contributed by atoms with Gasteiger partial charge in [-0.05, 0) is 82.3 Å². The zero-order chi connectivity index (χ0) is 29.5. The molecule has 214 valence electrons. The fourth-order valence-corrected chi connectivity index (χ4v) is 6.08. The lowest BCUT2D eigenvalue weighted by atomic mass is 10.1. The monoisotopic (exact) mass is 563 g/mol. The Bertz CT molecular complexity index is 1400. The summed E-state index contributed by atoms with van der Waals surface area (Å²) in [5.41, 5.74) is 2.65. The summed E-state index contributed by atoms with van der Waals surface area (Å²) in [6, 6.07) is 22.5. The summed E-state index contributed by atoms with van der Waals surface area (Å²) in [5, 5.41) is 3.00. The molecule has 0 aliphatic heterocycles. The topological polar surface area (TPSA) is 86.8 Å². The van der Waals surface area contributed by atoms with E-state index in [0.717, 1.165) is 16.7 Å². The van der Waals surface area contributed by atoms with Crippen molar-refractivity contribution in [1.82, 2.24) is 10.2 Å². The number of carbonyl (C=O) groups is 2. The Morgan fingerprint density at radius 1 is 0.875 bits per heavy atom.